The lowest BCUT2D eigenvalue weighted by atomic mass is 9.90. The van der Waals surface area contributed by atoms with Crippen LogP contribution in [0.15, 0.2) is 0 Å². The Balaban J connectivity index is 2.17. The van der Waals surface area contributed by atoms with Crippen molar-refractivity contribution >= 4 is 11.3 Å². The fourth-order valence-corrected chi connectivity index (χ4v) is 4.06. The van der Waals surface area contributed by atoms with Crippen molar-refractivity contribution in [2.75, 3.05) is 13.2 Å². The van der Waals surface area contributed by atoms with E-state index >= 15 is 0 Å². The molecular weight excluding hydrogens is 280 g/mol. The normalized spacial score (nSPS) is 19.6. The molecule has 0 bridgehead atoms. The minimum absolute atomic E-state index is 0.168. The van der Waals surface area contributed by atoms with E-state index in [-0.39, 0.29) is 11.1 Å². The van der Waals surface area contributed by atoms with Crippen LogP contribution in [0.5, 0.6) is 0 Å². The standard InChI is InChI=1S/C17H30N2OS/c1-7-20-17(5,6)15-19-14-12(11-18-16(2,3)4)9-8-10-13(14)21-15/h12,18H,7-11H2,1-6H3. The van der Waals surface area contributed by atoms with Crippen LogP contribution in [0.25, 0.3) is 0 Å². The molecule has 1 aliphatic carbocycles. The van der Waals surface area contributed by atoms with E-state index < -0.39 is 0 Å². The van der Waals surface area contributed by atoms with Crippen molar-refractivity contribution < 1.29 is 4.74 Å². The average molecular weight is 311 g/mol. The minimum atomic E-state index is -0.265. The highest BCUT2D eigenvalue weighted by Gasteiger charge is 2.31. The smallest absolute Gasteiger partial charge is 0.125 e. The Morgan fingerprint density at radius 2 is 2.00 bits per heavy atom. The molecule has 4 heteroatoms. The summed E-state index contributed by atoms with van der Waals surface area (Å²) in [6.45, 7) is 14.7. The highest BCUT2D eigenvalue weighted by Crippen LogP contribution is 2.38. The summed E-state index contributed by atoms with van der Waals surface area (Å²) >= 11 is 1.86. The van der Waals surface area contributed by atoms with E-state index in [4.69, 9.17) is 9.72 Å². The van der Waals surface area contributed by atoms with Crippen LogP contribution in [0.3, 0.4) is 0 Å². The molecule has 1 N–H and O–H groups in total. The molecule has 1 aromatic heterocycles. The predicted octanol–water partition coefficient (Wildman–Crippen LogP) is 4.22. The molecule has 0 aliphatic heterocycles. The highest BCUT2D eigenvalue weighted by molar-refractivity contribution is 7.11. The summed E-state index contributed by atoms with van der Waals surface area (Å²) in [5, 5.41) is 4.78. The molecule has 1 unspecified atom stereocenters. The van der Waals surface area contributed by atoms with Crippen LogP contribution in [-0.2, 0) is 16.8 Å². The molecule has 0 amide bonds. The maximum Gasteiger partial charge on any atom is 0.125 e. The quantitative estimate of drug-likeness (QED) is 0.884. The molecule has 0 spiro atoms. The largest absolute Gasteiger partial charge is 0.369 e. The molecule has 0 fully saturated rings. The Kier molecular flexibility index (Phi) is 5.11. The van der Waals surface area contributed by atoms with Gasteiger partial charge in [0, 0.05) is 29.5 Å². The summed E-state index contributed by atoms with van der Waals surface area (Å²) in [6, 6.07) is 0. The van der Waals surface area contributed by atoms with Gasteiger partial charge in [-0.25, -0.2) is 4.98 Å². The van der Waals surface area contributed by atoms with E-state index in [1.165, 1.54) is 29.8 Å². The summed E-state index contributed by atoms with van der Waals surface area (Å²) in [5.74, 6) is 0.551. The molecule has 0 saturated heterocycles. The first-order valence-corrected chi connectivity index (χ1v) is 8.93. The fourth-order valence-electron chi connectivity index (χ4n) is 2.82. The SMILES string of the molecule is CCOC(C)(C)c1nc2c(s1)CCCC2CNC(C)(C)C. The van der Waals surface area contributed by atoms with Crippen molar-refractivity contribution in [1.29, 1.82) is 0 Å². The van der Waals surface area contributed by atoms with Gasteiger partial charge in [-0.2, -0.15) is 0 Å². The molecular formula is C17H30N2OS. The van der Waals surface area contributed by atoms with E-state index in [1.807, 2.05) is 18.3 Å². The Labute approximate surface area is 133 Å². The Hall–Kier alpha value is -0.450. The van der Waals surface area contributed by atoms with E-state index in [9.17, 15) is 0 Å². The van der Waals surface area contributed by atoms with Crippen LogP contribution < -0.4 is 5.32 Å². The topological polar surface area (TPSA) is 34.1 Å². The van der Waals surface area contributed by atoms with Gasteiger partial charge in [0.05, 0.1) is 5.69 Å². The first kappa shape index (κ1) is 16.9. The first-order chi connectivity index (χ1) is 9.73. The molecule has 21 heavy (non-hydrogen) atoms. The molecule has 3 nitrogen and oxygen atoms in total. The lowest BCUT2D eigenvalue weighted by Gasteiger charge is -2.27. The van der Waals surface area contributed by atoms with Crippen LogP contribution in [0.2, 0.25) is 0 Å². The third-order valence-electron chi connectivity index (χ3n) is 3.97. The second kappa shape index (κ2) is 6.35. The molecule has 120 valence electrons. The average Bonchev–Trinajstić information content (AvgIpc) is 2.80. The van der Waals surface area contributed by atoms with E-state index in [2.05, 4.69) is 39.9 Å². The molecule has 1 heterocycles. The van der Waals surface area contributed by atoms with Crippen LogP contribution >= 0.6 is 11.3 Å². The number of thiazole rings is 1. The number of nitrogens with zero attached hydrogens (tertiary/aromatic N) is 1. The van der Waals surface area contributed by atoms with Crippen LogP contribution in [0.1, 0.15) is 75.9 Å². The lowest BCUT2D eigenvalue weighted by molar-refractivity contribution is -0.0142. The third kappa shape index (κ3) is 4.27. The van der Waals surface area contributed by atoms with Gasteiger partial charge in [-0.05, 0) is 60.8 Å². The molecule has 1 atom stereocenters. The number of aryl methyl sites for hydroxylation is 1. The van der Waals surface area contributed by atoms with Crippen molar-refractivity contribution in [3.63, 3.8) is 0 Å². The molecule has 2 rings (SSSR count). The molecule has 0 saturated carbocycles. The van der Waals surface area contributed by atoms with Crippen LogP contribution in [0, 0.1) is 0 Å². The number of hydrogen-bond acceptors (Lipinski definition) is 4. The fraction of sp³-hybridized carbons (Fsp3) is 0.824. The number of nitrogens with one attached hydrogen (secondary N) is 1. The van der Waals surface area contributed by atoms with Crippen LogP contribution in [-0.4, -0.2) is 23.7 Å². The minimum Gasteiger partial charge on any atom is -0.369 e. The van der Waals surface area contributed by atoms with Gasteiger partial charge in [0.15, 0.2) is 0 Å². The Morgan fingerprint density at radius 1 is 1.29 bits per heavy atom. The number of fused-ring (bicyclic) bond motifs is 1. The monoisotopic (exact) mass is 310 g/mol. The van der Waals surface area contributed by atoms with Gasteiger partial charge < -0.3 is 10.1 Å². The zero-order valence-corrected chi connectivity index (χ0v) is 15.2. The second-order valence-corrected chi connectivity index (χ2v) is 8.57. The molecule has 1 aliphatic rings. The summed E-state index contributed by atoms with van der Waals surface area (Å²) < 4.78 is 5.87. The van der Waals surface area contributed by atoms with E-state index in [0.29, 0.717) is 5.92 Å². The van der Waals surface area contributed by atoms with Crippen molar-refractivity contribution in [2.24, 2.45) is 0 Å². The van der Waals surface area contributed by atoms with Gasteiger partial charge in [0.1, 0.15) is 10.6 Å². The maximum atomic E-state index is 5.87. The Morgan fingerprint density at radius 3 is 2.62 bits per heavy atom. The van der Waals surface area contributed by atoms with Crippen molar-refractivity contribution in [1.82, 2.24) is 10.3 Å². The molecule has 1 aromatic rings. The number of aromatic nitrogens is 1. The van der Waals surface area contributed by atoms with E-state index in [0.717, 1.165) is 18.2 Å². The number of hydrogen-bond donors (Lipinski definition) is 1. The van der Waals surface area contributed by atoms with Gasteiger partial charge in [-0.1, -0.05) is 0 Å². The van der Waals surface area contributed by atoms with Gasteiger partial charge in [-0.3, -0.25) is 0 Å². The summed E-state index contributed by atoms with van der Waals surface area (Å²) in [7, 11) is 0. The third-order valence-corrected chi connectivity index (χ3v) is 5.41. The van der Waals surface area contributed by atoms with Gasteiger partial charge in [0.2, 0.25) is 0 Å². The zero-order chi connectivity index (χ0) is 15.7. The number of rotatable bonds is 5. The summed E-state index contributed by atoms with van der Waals surface area (Å²) in [6.07, 6.45) is 3.70. The highest BCUT2D eigenvalue weighted by atomic mass is 32.1. The lowest BCUT2D eigenvalue weighted by Crippen LogP contribution is -2.39. The maximum absolute atomic E-state index is 5.87. The summed E-state index contributed by atoms with van der Waals surface area (Å²) in [4.78, 5) is 6.45. The zero-order valence-electron chi connectivity index (χ0n) is 14.4. The van der Waals surface area contributed by atoms with Gasteiger partial charge >= 0.3 is 0 Å². The second-order valence-electron chi connectivity index (χ2n) is 7.49. The first-order valence-electron chi connectivity index (χ1n) is 8.12. The predicted molar refractivity (Wildman–Crippen MR) is 90.2 cm³/mol. The van der Waals surface area contributed by atoms with Gasteiger partial charge in [0.25, 0.3) is 0 Å². The summed E-state index contributed by atoms with van der Waals surface area (Å²) in [5.41, 5.74) is 1.23. The Bertz CT molecular complexity index is 474. The molecule has 0 radical (unpaired) electrons. The van der Waals surface area contributed by atoms with Crippen molar-refractivity contribution in [3.8, 4) is 0 Å². The van der Waals surface area contributed by atoms with Crippen molar-refractivity contribution in [2.45, 2.75) is 77.9 Å². The van der Waals surface area contributed by atoms with E-state index in [1.54, 1.807) is 0 Å². The van der Waals surface area contributed by atoms with Crippen molar-refractivity contribution in [3.05, 3.63) is 15.6 Å². The van der Waals surface area contributed by atoms with Gasteiger partial charge in [-0.15, -0.1) is 11.3 Å². The number of ether oxygens (including phenoxy) is 1. The molecule has 0 aromatic carbocycles. The van der Waals surface area contributed by atoms with Crippen LogP contribution in [0.4, 0.5) is 0 Å².